The van der Waals surface area contributed by atoms with Crippen molar-refractivity contribution in [2.24, 2.45) is 0 Å². The molecule has 296 valence electrons. The van der Waals surface area contributed by atoms with E-state index in [1.807, 2.05) is 6.20 Å². The van der Waals surface area contributed by atoms with Crippen molar-refractivity contribution in [1.82, 2.24) is 19.7 Å². The lowest BCUT2D eigenvalue weighted by Gasteiger charge is -2.31. The van der Waals surface area contributed by atoms with Gasteiger partial charge in [0.2, 0.25) is 0 Å². The molecular weight excluding hydrogens is 780 g/mol. The number of likely N-dealkylation sites (tertiary alicyclic amines) is 1. The third-order valence-corrected chi connectivity index (χ3v) is 8.36. The van der Waals surface area contributed by atoms with Crippen LogP contribution in [0.4, 0.5) is 15.0 Å². The summed E-state index contributed by atoms with van der Waals surface area (Å²) < 4.78 is 49.1. The molecule has 0 radical (unpaired) electrons. The number of carbonyl (C=O) groups is 6. The van der Waals surface area contributed by atoms with Crippen molar-refractivity contribution >= 4 is 65.0 Å². The molecule has 2 aromatic heterocycles. The fourth-order valence-electron chi connectivity index (χ4n) is 4.92. The Balaban J connectivity index is 1.15. The monoisotopic (exact) mass is 813 g/mol. The average molecular weight is 815 g/mol. The maximum atomic E-state index is 14.1. The normalized spacial score (nSPS) is 13.3. The number of aliphatic hydroxyl groups excluding tert-OH is 1. The second-order valence-corrected chi connectivity index (χ2v) is 12.2. The zero-order valence-corrected chi connectivity index (χ0v) is 30.5. The summed E-state index contributed by atoms with van der Waals surface area (Å²) in [7, 11) is 0. The van der Waals surface area contributed by atoms with Crippen LogP contribution < -0.4 is 10.5 Å². The molecule has 55 heavy (non-hydrogen) atoms. The van der Waals surface area contributed by atoms with E-state index in [1.165, 1.54) is 11.0 Å². The van der Waals surface area contributed by atoms with Crippen molar-refractivity contribution in [2.75, 3.05) is 58.7 Å². The van der Waals surface area contributed by atoms with E-state index < -0.39 is 87.7 Å². The molecule has 3 aromatic rings. The van der Waals surface area contributed by atoms with E-state index >= 15 is 0 Å². The van der Waals surface area contributed by atoms with Crippen LogP contribution in [0.1, 0.15) is 37.5 Å². The van der Waals surface area contributed by atoms with Gasteiger partial charge in [-0.1, -0.05) is 23.2 Å². The van der Waals surface area contributed by atoms with Crippen LogP contribution in [0.5, 0.6) is 5.75 Å². The highest BCUT2D eigenvalue weighted by Crippen LogP contribution is 2.37. The number of nitrogen functional groups attached to an aromatic ring is 1. The summed E-state index contributed by atoms with van der Waals surface area (Å²) in [5.41, 5.74) is 7.66. The fourth-order valence-corrected chi connectivity index (χ4v) is 5.60. The second-order valence-electron chi connectivity index (χ2n) is 11.4. The SMILES string of the molecule is C[C@@H](Oc1cc(-c2cnn(C3CCN(C(=O)OCC(=O)OCC(=O)OCC(=O)OCC(=O)OCC(=O)OCO)CC3)c2)cnc1N)c1c(Cl)ccc(F)c1Cl. The average Bonchev–Trinajstić information content (AvgIpc) is 3.67. The van der Waals surface area contributed by atoms with Crippen LogP contribution in [0.25, 0.3) is 11.1 Å². The summed E-state index contributed by atoms with van der Waals surface area (Å²) in [6.07, 6.45) is 4.48. The maximum Gasteiger partial charge on any atom is 0.410 e. The zero-order valence-electron chi connectivity index (χ0n) is 28.9. The predicted molar refractivity (Wildman–Crippen MR) is 184 cm³/mol. The molecule has 19 nitrogen and oxygen atoms in total. The van der Waals surface area contributed by atoms with Crippen LogP contribution >= 0.6 is 23.2 Å². The van der Waals surface area contributed by atoms with Gasteiger partial charge in [0.15, 0.2) is 51.4 Å². The molecule has 0 unspecified atom stereocenters. The van der Waals surface area contributed by atoms with E-state index in [4.69, 9.17) is 43.5 Å². The number of benzene rings is 1. The number of aliphatic hydroxyl groups is 1. The number of hydrogen-bond acceptors (Lipinski definition) is 17. The third-order valence-electron chi connectivity index (χ3n) is 7.65. The predicted octanol–water partition coefficient (Wildman–Crippen LogP) is 2.55. The number of hydrogen-bond donors (Lipinski definition) is 2. The molecular formula is C33H34Cl2FN5O14. The second kappa shape index (κ2) is 20.1. The van der Waals surface area contributed by atoms with Crippen molar-refractivity contribution in [3.63, 3.8) is 0 Å². The minimum absolute atomic E-state index is 0.0715. The number of carbonyl (C=O) groups excluding carboxylic acids is 6. The van der Waals surface area contributed by atoms with Crippen LogP contribution in [0, 0.1) is 5.82 Å². The van der Waals surface area contributed by atoms with Gasteiger partial charge < -0.3 is 48.9 Å². The van der Waals surface area contributed by atoms with Crippen LogP contribution in [0.15, 0.2) is 36.8 Å². The Morgan fingerprint density at radius 2 is 1.40 bits per heavy atom. The molecule has 3 heterocycles. The molecule has 4 rings (SSSR count). The molecule has 1 aromatic carbocycles. The Morgan fingerprint density at radius 1 is 0.855 bits per heavy atom. The number of halogens is 3. The summed E-state index contributed by atoms with van der Waals surface area (Å²) in [5.74, 6) is -5.80. The summed E-state index contributed by atoms with van der Waals surface area (Å²) in [6.45, 7) is -3.04. The van der Waals surface area contributed by atoms with E-state index in [0.29, 0.717) is 24.0 Å². The first kappa shape index (κ1) is 42.0. The van der Waals surface area contributed by atoms with Gasteiger partial charge in [0.05, 0.1) is 17.3 Å². The number of aromatic nitrogens is 3. The Kier molecular flexibility index (Phi) is 15.3. The molecule has 1 aliphatic rings. The number of pyridine rings is 1. The molecule has 1 atom stereocenters. The number of anilines is 1. The quantitative estimate of drug-likeness (QED) is 0.0913. The van der Waals surface area contributed by atoms with Gasteiger partial charge in [0, 0.05) is 47.2 Å². The fraction of sp³-hybridized carbons (Fsp3) is 0.394. The summed E-state index contributed by atoms with van der Waals surface area (Å²) in [4.78, 5) is 75.9. The van der Waals surface area contributed by atoms with Crippen LogP contribution in [-0.4, -0.2) is 114 Å². The molecule has 1 saturated heterocycles. The van der Waals surface area contributed by atoms with Gasteiger partial charge in [-0.3, -0.25) is 4.68 Å². The molecule has 1 fully saturated rings. The molecule has 0 bridgehead atoms. The van der Waals surface area contributed by atoms with Gasteiger partial charge in [-0.05, 0) is 38.0 Å². The molecule has 1 amide bonds. The molecule has 0 spiro atoms. The highest BCUT2D eigenvalue weighted by Gasteiger charge is 2.27. The van der Waals surface area contributed by atoms with E-state index in [1.54, 1.807) is 30.1 Å². The summed E-state index contributed by atoms with van der Waals surface area (Å²) in [6, 6.07) is 4.14. The number of esters is 5. The largest absolute Gasteiger partial charge is 0.482 e. The summed E-state index contributed by atoms with van der Waals surface area (Å²) in [5, 5.41) is 12.9. The van der Waals surface area contributed by atoms with Crippen molar-refractivity contribution in [2.45, 2.75) is 31.9 Å². The number of amides is 1. The molecule has 22 heteroatoms. The Bertz CT molecular complexity index is 1890. The third kappa shape index (κ3) is 12.4. The van der Waals surface area contributed by atoms with Crippen molar-refractivity contribution in [3.05, 3.63) is 58.2 Å². The number of nitrogens with zero attached hydrogens (tertiary/aromatic N) is 4. The molecule has 3 N–H and O–H groups in total. The van der Waals surface area contributed by atoms with E-state index in [2.05, 4.69) is 33.8 Å². The number of rotatable bonds is 16. The standard InChI is InChI=1S/C33H34Cl2FN5O14/c1-18(30-22(34)2-3-23(36)31(30)35)55-24-8-19(9-38-32(24)37)20-10-39-41(11-20)21-4-6-40(7-5-21)33(48)53-16-28(46)51-14-26(44)49-12-25(43)50-13-27(45)52-15-29(47)54-17-42/h2-3,8-11,18,21,42H,4-7,12-17H2,1H3,(H2,37,38)/t18-/m1/s1. The number of piperidine rings is 1. The first-order chi connectivity index (χ1) is 26.2. The van der Waals surface area contributed by atoms with Crippen molar-refractivity contribution < 1.29 is 71.4 Å². The van der Waals surface area contributed by atoms with Crippen molar-refractivity contribution in [3.8, 4) is 16.9 Å². The topological polar surface area (TPSA) is 247 Å². The molecule has 1 aliphatic heterocycles. The van der Waals surface area contributed by atoms with Gasteiger partial charge in [0.25, 0.3) is 0 Å². The lowest BCUT2D eigenvalue weighted by molar-refractivity contribution is -0.171. The van der Waals surface area contributed by atoms with E-state index in [-0.39, 0.29) is 46.3 Å². The Labute approximate surface area is 321 Å². The van der Waals surface area contributed by atoms with Crippen molar-refractivity contribution in [1.29, 1.82) is 0 Å². The highest BCUT2D eigenvalue weighted by molar-refractivity contribution is 6.36. The van der Waals surface area contributed by atoms with Gasteiger partial charge in [-0.2, -0.15) is 5.10 Å². The zero-order chi connectivity index (χ0) is 40.1. The lowest BCUT2D eigenvalue weighted by Crippen LogP contribution is -2.40. The minimum Gasteiger partial charge on any atom is -0.482 e. The Hall–Kier alpha value is -5.73. The van der Waals surface area contributed by atoms with Crippen LogP contribution in [0.3, 0.4) is 0 Å². The van der Waals surface area contributed by atoms with Gasteiger partial charge in [0.1, 0.15) is 11.9 Å². The van der Waals surface area contributed by atoms with E-state index in [0.717, 1.165) is 6.07 Å². The maximum absolute atomic E-state index is 14.1. The number of nitrogens with two attached hydrogens (primary N) is 1. The highest BCUT2D eigenvalue weighted by atomic mass is 35.5. The van der Waals surface area contributed by atoms with Crippen LogP contribution in [-0.2, 0) is 52.4 Å². The number of ether oxygens (including phenoxy) is 7. The first-order valence-corrected chi connectivity index (χ1v) is 16.9. The first-order valence-electron chi connectivity index (χ1n) is 16.2. The molecule has 0 aliphatic carbocycles. The molecule has 0 saturated carbocycles. The smallest absolute Gasteiger partial charge is 0.410 e. The van der Waals surface area contributed by atoms with Gasteiger partial charge in [-0.25, -0.2) is 38.1 Å². The van der Waals surface area contributed by atoms with E-state index in [9.17, 15) is 33.2 Å². The lowest BCUT2D eigenvalue weighted by atomic mass is 10.1. The van der Waals surface area contributed by atoms with Gasteiger partial charge in [-0.15, -0.1) is 0 Å². The Morgan fingerprint density at radius 3 is 1.96 bits per heavy atom. The van der Waals surface area contributed by atoms with Gasteiger partial charge >= 0.3 is 35.9 Å². The minimum atomic E-state index is -1.15. The summed E-state index contributed by atoms with van der Waals surface area (Å²) >= 11 is 12.4. The van der Waals surface area contributed by atoms with Crippen LogP contribution in [0.2, 0.25) is 10.0 Å².